The lowest BCUT2D eigenvalue weighted by Crippen LogP contribution is -2.34. The first-order valence-electron chi connectivity index (χ1n) is 23.5. The zero-order valence-corrected chi connectivity index (χ0v) is 43.0. The van der Waals surface area contributed by atoms with Gasteiger partial charge in [0.05, 0.1) is 80.0 Å². The topological polar surface area (TPSA) is 106 Å². The molecule has 0 aliphatic carbocycles. The zero-order chi connectivity index (χ0) is 53.1. The van der Waals surface area contributed by atoms with E-state index in [1.807, 2.05) is 77.7 Å². The van der Waals surface area contributed by atoms with Crippen molar-refractivity contribution in [1.82, 2.24) is 14.9 Å². The molecule has 1 atom stereocenters. The first-order valence-corrected chi connectivity index (χ1v) is 24.3. The molecule has 2 aliphatic rings. The van der Waals surface area contributed by atoms with Gasteiger partial charge in [-0.05, 0) is 114 Å². The van der Waals surface area contributed by atoms with E-state index in [4.69, 9.17) is 51.9 Å². The molecule has 0 bridgehead atoms. The molecule has 0 fully saturated rings. The first kappa shape index (κ1) is 52.1. The summed E-state index contributed by atoms with van der Waals surface area (Å²) < 4.78 is 108. The van der Waals surface area contributed by atoms with Crippen LogP contribution >= 0.6 is 23.2 Å². The molecule has 1 unspecified atom stereocenters. The number of aliphatic imine (C=N–C) groups is 1. The summed E-state index contributed by atoms with van der Waals surface area (Å²) in [6.45, 7) is 3.90. The second kappa shape index (κ2) is 22.0. The minimum Gasteiger partial charge on any atom is -0.497 e. The van der Waals surface area contributed by atoms with Crippen LogP contribution in [0.5, 0.6) is 28.7 Å². The van der Waals surface area contributed by atoms with Crippen molar-refractivity contribution >= 4 is 46.4 Å². The molecule has 12 nitrogen and oxygen atoms in total. The van der Waals surface area contributed by atoms with E-state index in [1.165, 1.54) is 25.3 Å². The molecule has 1 N–H and O–H groups in total. The molecule has 9 rings (SSSR count). The van der Waals surface area contributed by atoms with Gasteiger partial charge in [0.2, 0.25) is 5.22 Å². The molecule has 7 aromatic rings. The number of halogens is 7. The Hall–Kier alpha value is -7.76. The molecule has 0 radical (unpaired) electrons. The summed E-state index contributed by atoms with van der Waals surface area (Å²) in [5.41, 5.74) is 0.827. The number of hydrogen-bond acceptors (Lipinski definition) is 12. The van der Waals surface area contributed by atoms with E-state index in [-0.39, 0.29) is 53.4 Å². The monoisotopic (exact) mass is 1070 g/mol. The van der Waals surface area contributed by atoms with Crippen LogP contribution in [0.15, 0.2) is 132 Å². The predicted octanol–water partition coefficient (Wildman–Crippen LogP) is 13.5. The summed E-state index contributed by atoms with van der Waals surface area (Å²) in [4.78, 5) is 19.4. The van der Waals surface area contributed by atoms with Crippen LogP contribution in [0.3, 0.4) is 0 Å². The highest BCUT2D eigenvalue weighted by Crippen LogP contribution is 2.51. The van der Waals surface area contributed by atoms with Crippen LogP contribution in [0.1, 0.15) is 57.5 Å². The van der Waals surface area contributed by atoms with Gasteiger partial charge in [-0.1, -0.05) is 60.1 Å². The van der Waals surface area contributed by atoms with E-state index >= 15 is 22.0 Å². The van der Waals surface area contributed by atoms with E-state index < -0.39 is 51.4 Å². The molecule has 0 amide bonds. The third kappa shape index (κ3) is 11.1. The van der Waals surface area contributed by atoms with Gasteiger partial charge in [-0.2, -0.15) is 13.2 Å². The normalized spacial score (nSPS) is 13.3. The quantitative estimate of drug-likeness (QED) is 0.0881. The fraction of sp³-hybridized carbons (Fsp3) is 0.232. The number of ether oxygens (including phenoxy) is 5. The molecule has 5 aromatic carbocycles. The fourth-order valence-electron chi connectivity index (χ4n) is 9.18. The number of amidine groups is 1. The number of nitrogens with zero attached hydrogens (tertiary/aromatic N) is 6. The summed E-state index contributed by atoms with van der Waals surface area (Å²) in [5.74, 6) is 0.671. The van der Waals surface area contributed by atoms with Gasteiger partial charge in [0.1, 0.15) is 53.0 Å². The Balaban J connectivity index is 1.15. The molecule has 2 aromatic heterocycles. The van der Waals surface area contributed by atoms with Crippen molar-refractivity contribution < 1.29 is 45.6 Å². The van der Waals surface area contributed by atoms with E-state index in [0.717, 1.165) is 28.5 Å². The number of rotatable bonds is 17. The minimum absolute atomic E-state index is 0.00886. The average molecular weight is 1070 g/mol. The van der Waals surface area contributed by atoms with E-state index in [9.17, 15) is 0 Å². The summed E-state index contributed by atoms with van der Waals surface area (Å²) in [6.07, 6.45) is -2.55. The standard InChI is InChI=1S/C56H50Cl2F5N7O5/c1-32-23-45(68(26-34-7-15-39(71-3)16-8-34)27-35-9-17-40(72-4)18-10-35)67-51(48(32)56(61,62)63)46-49(58)52-47-53(50(46)60)75-44(57)30-70(55(47)66-31-65-52)33(2)43-24-38(59)25-64-54(43)69(28-36-11-19-41(73-5)20-12-36)29-37-13-21-42(74-6)22-14-37/h7-25,30,33,65H,26-29,31H2,1-6H3. The maximum absolute atomic E-state index is 17.9. The summed E-state index contributed by atoms with van der Waals surface area (Å²) in [7, 11) is 6.25. The molecular formula is C56H50Cl2F5N7O5. The van der Waals surface area contributed by atoms with Gasteiger partial charge < -0.3 is 43.7 Å². The molecule has 4 heterocycles. The number of aromatic nitrogens is 2. The van der Waals surface area contributed by atoms with Gasteiger partial charge in [-0.25, -0.2) is 23.7 Å². The number of methoxy groups -OCH3 is 4. The SMILES string of the molecule is COc1ccc(CN(Cc2ccc(OC)cc2)c2cc(C)c(C(F)(F)F)c(-c3c(F)c4c5c(c3Cl)NCN=C5N(C(C)c3cc(F)cnc3N(Cc3ccc(OC)cc3)Cc3ccc(OC)cc3)C=C(Cl)O4)n2)cc1. The number of anilines is 3. The summed E-state index contributed by atoms with van der Waals surface area (Å²) >= 11 is 14.1. The van der Waals surface area contributed by atoms with Gasteiger partial charge in [-0.15, -0.1) is 0 Å². The number of alkyl halides is 3. The number of hydrogen-bond donors (Lipinski definition) is 1. The second-order valence-electron chi connectivity index (χ2n) is 17.7. The maximum Gasteiger partial charge on any atom is 0.418 e. The van der Waals surface area contributed by atoms with Crippen LogP contribution in [0, 0.1) is 18.6 Å². The molecule has 388 valence electrons. The molecule has 0 spiro atoms. The Bertz CT molecular complexity index is 3170. The number of aryl methyl sites for hydroxylation is 1. The van der Waals surface area contributed by atoms with Crippen LogP contribution in [-0.2, 0) is 32.4 Å². The smallest absolute Gasteiger partial charge is 0.418 e. The Morgan fingerprint density at radius 3 is 1.65 bits per heavy atom. The Morgan fingerprint density at radius 2 is 1.19 bits per heavy atom. The molecular weight excluding hydrogens is 1020 g/mol. The lowest BCUT2D eigenvalue weighted by Gasteiger charge is -2.34. The average Bonchev–Trinajstić information content (AvgIpc) is 3.56. The summed E-state index contributed by atoms with van der Waals surface area (Å²) in [6, 6.07) is 31.3. The highest BCUT2D eigenvalue weighted by Gasteiger charge is 2.42. The number of benzene rings is 5. The molecule has 75 heavy (non-hydrogen) atoms. The Kier molecular flexibility index (Phi) is 15.3. The van der Waals surface area contributed by atoms with Crippen LogP contribution in [0.4, 0.5) is 39.3 Å². The molecule has 0 saturated heterocycles. The highest BCUT2D eigenvalue weighted by molar-refractivity contribution is 6.37. The predicted molar refractivity (Wildman–Crippen MR) is 280 cm³/mol. The van der Waals surface area contributed by atoms with Crippen molar-refractivity contribution in [3.8, 4) is 40.0 Å². The fourth-order valence-corrected chi connectivity index (χ4v) is 9.69. The van der Waals surface area contributed by atoms with E-state index in [0.29, 0.717) is 47.5 Å². The van der Waals surface area contributed by atoms with E-state index in [2.05, 4.69) is 15.3 Å². The van der Waals surface area contributed by atoms with Crippen LogP contribution in [0.25, 0.3) is 11.3 Å². The Labute approximate surface area is 440 Å². The third-order valence-electron chi connectivity index (χ3n) is 12.9. The van der Waals surface area contributed by atoms with Crippen LogP contribution in [0.2, 0.25) is 5.02 Å². The van der Waals surface area contributed by atoms with Crippen molar-refractivity contribution in [2.45, 2.75) is 52.2 Å². The zero-order valence-electron chi connectivity index (χ0n) is 41.5. The lowest BCUT2D eigenvalue weighted by atomic mass is 9.95. The van der Waals surface area contributed by atoms with Gasteiger partial charge in [0, 0.05) is 31.7 Å². The van der Waals surface area contributed by atoms with Crippen LogP contribution < -0.4 is 38.8 Å². The van der Waals surface area contributed by atoms with Gasteiger partial charge in [0.25, 0.3) is 0 Å². The maximum atomic E-state index is 17.9. The molecule has 0 saturated carbocycles. The van der Waals surface area contributed by atoms with Gasteiger partial charge in [-0.3, -0.25) is 0 Å². The highest BCUT2D eigenvalue weighted by atomic mass is 35.5. The van der Waals surface area contributed by atoms with Crippen molar-refractivity contribution in [3.63, 3.8) is 0 Å². The molecule has 2 aliphatic heterocycles. The van der Waals surface area contributed by atoms with Gasteiger partial charge >= 0.3 is 6.18 Å². The van der Waals surface area contributed by atoms with Crippen molar-refractivity contribution in [1.29, 1.82) is 0 Å². The lowest BCUT2D eigenvalue weighted by molar-refractivity contribution is -0.137. The third-order valence-corrected chi connectivity index (χ3v) is 13.5. The summed E-state index contributed by atoms with van der Waals surface area (Å²) in [5, 5.41) is 2.25. The first-order chi connectivity index (χ1) is 36.1. The van der Waals surface area contributed by atoms with Crippen molar-refractivity contribution in [3.05, 3.63) is 188 Å². The van der Waals surface area contributed by atoms with Crippen LogP contribution in [-0.4, -0.2) is 55.8 Å². The van der Waals surface area contributed by atoms with Gasteiger partial charge in [0.15, 0.2) is 11.6 Å². The minimum atomic E-state index is -5.03. The largest absolute Gasteiger partial charge is 0.497 e. The van der Waals surface area contributed by atoms with Crippen molar-refractivity contribution in [2.75, 3.05) is 50.2 Å². The van der Waals surface area contributed by atoms with Crippen molar-refractivity contribution in [2.24, 2.45) is 4.99 Å². The molecule has 19 heteroatoms. The Morgan fingerprint density at radius 1 is 0.707 bits per heavy atom. The number of pyridine rings is 2. The number of nitrogens with one attached hydrogen (secondary N) is 1. The van der Waals surface area contributed by atoms with E-state index in [1.54, 1.807) is 69.4 Å². The second-order valence-corrected chi connectivity index (χ2v) is 18.5.